The predicted octanol–water partition coefficient (Wildman–Crippen LogP) is 3.04. The largest absolute Gasteiger partial charge is 0.380 e. The van der Waals surface area contributed by atoms with E-state index >= 15 is 0 Å². The van der Waals surface area contributed by atoms with Gasteiger partial charge in [-0.15, -0.1) is 0 Å². The van der Waals surface area contributed by atoms with Gasteiger partial charge in [-0.25, -0.2) is 0 Å². The molecular formula is C12H15Cl2NO. The van der Waals surface area contributed by atoms with Gasteiger partial charge < -0.3 is 10.5 Å². The highest BCUT2D eigenvalue weighted by molar-refractivity contribution is 6.42. The van der Waals surface area contributed by atoms with Crippen LogP contribution in [0.2, 0.25) is 10.0 Å². The Kier molecular flexibility index (Phi) is 3.75. The number of ether oxygens (including phenoxy) is 1. The second-order valence-corrected chi connectivity index (χ2v) is 5.19. The SMILES string of the molecule is NC1(Cc2cccc(Cl)c2Cl)CCCOC1. The molecule has 16 heavy (non-hydrogen) atoms. The van der Waals surface area contributed by atoms with Crippen LogP contribution in [0.15, 0.2) is 18.2 Å². The van der Waals surface area contributed by atoms with Gasteiger partial charge in [0.05, 0.1) is 16.7 Å². The standard InChI is InChI=1S/C12H15Cl2NO/c13-10-4-1-3-9(11(10)14)7-12(15)5-2-6-16-8-12/h1,3-4H,2,5-8,15H2. The van der Waals surface area contributed by atoms with E-state index in [0.717, 1.165) is 25.0 Å². The number of halogens is 2. The number of benzene rings is 1. The highest BCUT2D eigenvalue weighted by atomic mass is 35.5. The van der Waals surface area contributed by atoms with Crippen LogP contribution >= 0.6 is 23.2 Å². The van der Waals surface area contributed by atoms with Crippen LogP contribution in [0.3, 0.4) is 0 Å². The smallest absolute Gasteiger partial charge is 0.0649 e. The molecule has 1 fully saturated rings. The van der Waals surface area contributed by atoms with Gasteiger partial charge in [0.2, 0.25) is 0 Å². The van der Waals surface area contributed by atoms with Crippen LogP contribution in [0.1, 0.15) is 18.4 Å². The molecule has 1 heterocycles. The van der Waals surface area contributed by atoms with E-state index in [1.165, 1.54) is 0 Å². The van der Waals surface area contributed by atoms with Crippen molar-refractivity contribution >= 4 is 23.2 Å². The van der Waals surface area contributed by atoms with Crippen LogP contribution in [-0.4, -0.2) is 18.8 Å². The van der Waals surface area contributed by atoms with Crippen molar-refractivity contribution in [2.45, 2.75) is 24.8 Å². The molecule has 1 aromatic carbocycles. The van der Waals surface area contributed by atoms with Crippen LogP contribution in [-0.2, 0) is 11.2 Å². The van der Waals surface area contributed by atoms with Crippen LogP contribution in [0, 0.1) is 0 Å². The van der Waals surface area contributed by atoms with Crippen LogP contribution in [0.4, 0.5) is 0 Å². The third kappa shape index (κ3) is 2.69. The summed E-state index contributed by atoms with van der Waals surface area (Å²) >= 11 is 12.1. The Labute approximate surface area is 106 Å². The fraction of sp³-hybridized carbons (Fsp3) is 0.500. The molecule has 1 aliphatic rings. The third-order valence-corrected chi connectivity index (χ3v) is 3.78. The van der Waals surface area contributed by atoms with E-state index in [9.17, 15) is 0 Å². The third-order valence-electron chi connectivity index (χ3n) is 2.93. The predicted molar refractivity (Wildman–Crippen MR) is 67.1 cm³/mol. The molecule has 0 radical (unpaired) electrons. The highest BCUT2D eigenvalue weighted by Crippen LogP contribution is 2.30. The van der Waals surface area contributed by atoms with Crippen molar-refractivity contribution in [3.05, 3.63) is 33.8 Å². The molecule has 2 N–H and O–H groups in total. The molecular weight excluding hydrogens is 245 g/mol. The first kappa shape index (κ1) is 12.2. The molecule has 0 bridgehead atoms. The van der Waals surface area contributed by atoms with Crippen molar-refractivity contribution in [1.29, 1.82) is 0 Å². The Morgan fingerprint density at radius 3 is 2.88 bits per heavy atom. The van der Waals surface area contributed by atoms with Crippen molar-refractivity contribution in [3.8, 4) is 0 Å². The molecule has 2 rings (SSSR count). The van der Waals surface area contributed by atoms with E-state index in [1.807, 2.05) is 12.1 Å². The number of nitrogens with two attached hydrogens (primary N) is 1. The Hall–Kier alpha value is -0.280. The lowest BCUT2D eigenvalue weighted by Crippen LogP contribution is -2.49. The first-order valence-electron chi connectivity index (χ1n) is 5.40. The summed E-state index contributed by atoms with van der Waals surface area (Å²) in [5, 5.41) is 1.19. The molecule has 88 valence electrons. The van der Waals surface area contributed by atoms with E-state index in [0.29, 0.717) is 23.1 Å². The Balaban J connectivity index is 2.16. The molecule has 1 aromatic rings. The topological polar surface area (TPSA) is 35.2 Å². The van der Waals surface area contributed by atoms with Gasteiger partial charge in [0, 0.05) is 12.1 Å². The fourth-order valence-electron chi connectivity index (χ4n) is 2.08. The van der Waals surface area contributed by atoms with E-state index in [1.54, 1.807) is 6.07 Å². The molecule has 0 spiro atoms. The van der Waals surface area contributed by atoms with E-state index in [2.05, 4.69) is 0 Å². The Morgan fingerprint density at radius 2 is 2.19 bits per heavy atom. The normalized spacial score (nSPS) is 25.7. The molecule has 1 saturated heterocycles. The summed E-state index contributed by atoms with van der Waals surface area (Å²) in [4.78, 5) is 0. The lowest BCUT2D eigenvalue weighted by Gasteiger charge is -2.33. The van der Waals surface area contributed by atoms with Crippen molar-refractivity contribution in [3.63, 3.8) is 0 Å². The maximum atomic E-state index is 6.28. The average Bonchev–Trinajstić information content (AvgIpc) is 2.26. The van der Waals surface area contributed by atoms with Crippen molar-refractivity contribution in [2.24, 2.45) is 5.73 Å². The van der Waals surface area contributed by atoms with Crippen molar-refractivity contribution in [2.75, 3.05) is 13.2 Å². The summed E-state index contributed by atoms with van der Waals surface area (Å²) in [6.07, 6.45) is 2.69. The molecule has 1 unspecified atom stereocenters. The van der Waals surface area contributed by atoms with Crippen LogP contribution in [0.5, 0.6) is 0 Å². The minimum Gasteiger partial charge on any atom is -0.380 e. The number of hydrogen-bond donors (Lipinski definition) is 1. The van der Waals surface area contributed by atoms with Gasteiger partial charge in [-0.1, -0.05) is 35.3 Å². The second-order valence-electron chi connectivity index (χ2n) is 4.41. The average molecular weight is 260 g/mol. The summed E-state index contributed by atoms with van der Waals surface area (Å²) in [6, 6.07) is 5.65. The van der Waals surface area contributed by atoms with Gasteiger partial charge in [-0.3, -0.25) is 0 Å². The second kappa shape index (κ2) is 4.92. The number of rotatable bonds is 2. The first-order valence-corrected chi connectivity index (χ1v) is 6.16. The molecule has 1 aliphatic heterocycles. The first-order chi connectivity index (χ1) is 7.61. The van der Waals surface area contributed by atoms with Crippen LogP contribution in [0.25, 0.3) is 0 Å². The monoisotopic (exact) mass is 259 g/mol. The Bertz CT molecular complexity index is 375. The molecule has 0 amide bonds. The zero-order valence-electron chi connectivity index (χ0n) is 9.01. The quantitative estimate of drug-likeness (QED) is 0.887. The van der Waals surface area contributed by atoms with Crippen LogP contribution < -0.4 is 5.73 Å². The minimum atomic E-state index is -0.299. The highest BCUT2D eigenvalue weighted by Gasteiger charge is 2.29. The van der Waals surface area contributed by atoms with Gasteiger partial charge in [0.1, 0.15) is 0 Å². The fourth-order valence-corrected chi connectivity index (χ4v) is 2.46. The zero-order valence-corrected chi connectivity index (χ0v) is 10.5. The maximum absolute atomic E-state index is 6.28. The van der Waals surface area contributed by atoms with E-state index < -0.39 is 0 Å². The van der Waals surface area contributed by atoms with E-state index in [-0.39, 0.29) is 5.54 Å². The zero-order chi connectivity index (χ0) is 11.6. The molecule has 0 aromatic heterocycles. The van der Waals surface area contributed by atoms with Gasteiger partial charge in [0.25, 0.3) is 0 Å². The summed E-state index contributed by atoms with van der Waals surface area (Å²) in [6.45, 7) is 1.40. The molecule has 4 heteroatoms. The lowest BCUT2D eigenvalue weighted by molar-refractivity contribution is 0.0382. The van der Waals surface area contributed by atoms with Gasteiger partial charge in [-0.05, 0) is 30.9 Å². The van der Waals surface area contributed by atoms with E-state index in [4.69, 9.17) is 33.7 Å². The molecule has 0 saturated carbocycles. The van der Waals surface area contributed by atoms with Crippen molar-refractivity contribution in [1.82, 2.24) is 0 Å². The van der Waals surface area contributed by atoms with Gasteiger partial charge >= 0.3 is 0 Å². The lowest BCUT2D eigenvalue weighted by atomic mass is 9.87. The molecule has 0 aliphatic carbocycles. The summed E-state index contributed by atoms with van der Waals surface area (Å²) in [5.74, 6) is 0. The molecule has 1 atom stereocenters. The minimum absolute atomic E-state index is 0.299. The summed E-state index contributed by atoms with van der Waals surface area (Å²) in [5.41, 5.74) is 6.99. The van der Waals surface area contributed by atoms with Crippen molar-refractivity contribution < 1.29 is 4.74 Å². The Morgan fingerprint density at radius 1 is 1.38 bits per heavy atom. The number of hydrogen-bond acceptors (Lipinski definition) is 2. The maximum Gasteiger partial charge on any atom is 0.0649 e. The summed E-state index contributed by atoms with van der Waals surface area (Å²) < 4.78 is 5.43. The summed E-state index contributed by atoms with van der Waals surface area (Å²) in [7, 11) is 0. The van der Waals surface area contributed by atoms with Gasteiger partial charge in [0.15, 0.2) is 0 Å². The molecule has 2 nitrogen and oxygen atoms in total. The van der Waals surface area contributed by atoms with Gasteiger partial charge in [-0.2, -0.15) is 0 Å².